The average Bonchev–Trinajstić information content (AvgIpc) is 2.72. The van der Waals surface area contributed by atoms with Gasteiger partial charge in [0.05, 0.1) is 5.02 Å². The SMILES string of the molecule is CC1(C)CC1Nc1ccc(C(N)=S)c(Cl)c1. The Labute approximate surface area is 106 Å². The number of halogens is 1. The lowest BCUT2D eigenvalue weighted by Gasteiger charge is -2.10. The smallest absolute Gasteiger partial charge is 0.105 e. The Balaban J connectivity index is 2.13. The molecule has 1 atom stereocenters. The quantitative estimate of drug-likeness (QED) is 0.814. The monoisotopic (exact) mass is 254 g/mol. The Bertz CT molecular complexity index is 443. The van der Waals surface area contributed by atoms with Crippen LogP contribution in [0.1, 0.15) is 25.8 Å². The number of anilines is 1. The summed E-state index contributed by atoms with van der Waals surface area (Å²) in [4.78, 5) is 0.336. The maximum Gasteiger partial charge on any atom is 0.105 e. The lowest BCUT2D eigenvalue weighted by atomic mass is 10.1. The van der Waals surface area contributed by atoms with Crippen molar-refractivity contribution in [3.63, 3.8) is 0 Å². The summed E-state index contributed by atoms with van der Waals surface area (Å²) in [6.45, 7) is 4.49. The third-order valence-electron chi connectivity index (χ3n) is 3.09. The summed E-state index contributed by atoms with van der Waals surface area (Å²) < 4.78 is 0. The molecule has 0 bridgehead atoms. The molecular weight excluding hydrogens is 240 g/mol. The second-order valence-electron chi connectivity index (χ2n) is 4.95. The molecule has 0 aliphatic heterocycles. The summed E-state index contributed by atoms with van der Waals surface area (Å²) in [6.07, 6.45) is 1.20. The van der Waals surface area contributed by atoms with Crippen LogP contribution in [-0.2, 0) is 0 Å². The van der Waals surface area contributed by atoms with Gasteiger partial charge in [-0.2, -0.15) is 0 Å². The van der Waals surface area contributed by atoms with Crippen LogP contribution in [0.25, 0.3) is 0 Å². The van der Waals surface area contributed by atoms with Gasteiger partial charge in [-0.3, -0.25) is 0 Å². The van der Waals surface area contributed by atoms with Gasteiger partial charge in [0.1, 0.15) is 4.99 Å². The van der Waals surface area contributed by atoms with Gasteiger partial charge in [0.15, 0.2) is 0 Å². The first-order chi connectivity index (χ1) is 7.40. The second-order valence-corrected chi connectivity index (χ2v) is 5.80. The first-order valence-corrected chi connectivity index (χ1v) is 6.05. The van der Waals surface area contributed by atoms with Crippen LogP contribution in [0.5, 0.6) is 0 Å². The standard InChI is InChI=1S/C12H15ClN2S/c1-12(2)6-10(12)15-7-3-4-8(11(14)16)9(13)5-7/h3-5,10,15H,6H2,1-2H3,(H2,14,16). The Hall–Kier alpha value is -0.800. The van der Waals surface area contributed by atoms with Gasteiger partial charge < -0.3 is 11.1 Å². The summed E-state index contributed by atoms with van der Waals surface area (Å²) in [6, 6.07) is 6.25. The maximum absolute atomic E-state index is 6.09. The van der Waals surface area contributed by atoms with Crippen molar-refractivity contribution in [2.45, 2.75) is 26.3 Å². The summed E-state index contributed by atoms with van der Waals surface area (Å²) in [5.41, 5.74) is 7.71. The minimum Gasteiger partial charge on any atom is -0.389 e. The second kappa shape index (κ2) is 3.90. The van der Waals surface area contributed by atoms with E-state index in [0.717, 1.165) is 11.3 Å². The molecule has 0 aromatic heterocycles. The maximum atomic E-state index is 6.09. The van der Waals surface area contributed by atoms with Gasteiger partial charge in [-0.1, -0.05) is 37.7 Å². The van der Waals surface area contributed by atoms with Crippen LogP contribution in [-0.4, -0.2) is 11.0 Å². The average molecular weight is 255 g/mol. The van der Waals surface area contributed by atoms with Crippen molar-refractivity contribution in [2.24, 2.45) is 11.1 Å². The fourth-order valence-corrected chi connectivity index (χ4v) is 2.24. The van der Waals surface area contributed by atoms with E-state index in [1.807, 2.05) is 18.2 Å². The van der Waals surface area contributed by atoms with Crippen LogP contribution in [0.2, 0.25) is 5.02 Å². The van der Waals surface area contributed by atoms with E-state index < -0.39 is 0 Å². The van der Waals surface area contributed by atoms with Gasteiger partial charge in [0.2, 0.25) is 0 Å². The van der Waals surface area contributed by atoms with Crippen molar-refractivity contribution >= 4 is 34.5 Å². The van der Waals surface area contributed by atoms with Gasteiger partial charge >= 0.3 is 0 Å². The molecule has 2 nitrogen and oxygen atoms in total. The molecule has 0 amide bonds. The van der Waals surface area contributed by atoms with Gasteiger partial charge in [0.25, 0.3) is 0 Å². The molecule has 3 N–H and O–H groups in total. The number of thiocarbonyl (C=S) groups is 1. The van der Waals surface area contributed by atoms with Crippen LogP contribution in [0.3, 0.4) is 0 Å². The van der Waals surface area contributed by atoms with Crippen LogP contribution < -0.4 is 11.1 Å². The van der Waals surface area contributed by atoms with Crippen LogP contribution in [0, 0.1) is 5.41 Å². The zero-order valence-electron chi connectivity index (χ0n) is 9.38. The van der Waals surface area contributed by atoms with E-state index in [4.69, 9.17) is 29.6 Å². The van der Waals surface area contributed by atoms with Gasteiger partial charge in [0, 0.05) is 17.3 Å². The summed E-state index contributed by atoms with van der Waals surface area (Å²) in [5.74, 6) is 0. The predicted molar refractivity (Wildman–Crippen MR) is 73.1 cm³/mol. The molecule has 16 heavy (non-hydrogen) atoms. The molecule has 1 unspecified atom stereocenters. The normalized spacial score (nSPS) is 21.6. The van der Waals surface area contributed by atoms with Crippen molar-refractivity contribution in [3.8, 4) is 0 Å². The minimum atomic E-state index is 0.336. The molecule has 1 aliphatic rings. The summed E-state index contributed by atoms with van der Waals surface area (Å²) >= 11 is 11.0. The van der Waals surface area contributed by atoms with E-state index in [9.17, 15) is 0 Å². The van der Waals surface area contributed by atoms with Gasteiger partial charge in [-0.25, -0.2) is 0 Å². The molecular formula is C12H15ClN2S. The molecule has 86 valence electrons. The van der Waals surface area contributed by atoms with Crippen molar-refractivity contribution in [1.82, 2.24) is 0 Å². The highest BCUT2D eigenvalue weighted by Crippen LogP contribution is 2.46. The Morgan fingerprint density at radius 3 is 2.62 bits per heavy atom. The van der Waals surface area contributed by atoms with Crippen molar-refractivity contribution < 1.29 is 0 Å². The van der Waals surface area contributed by atoms with E-state index in [1.165, 1.54) is 6.42 Å². The molecule has 1 fully saturated rings. The zero-order valence-corrected chi connectivity index (χ0v) is 11.0. The van der Waals surface area contributed by atoms with Gasteiger partial charge in [-0.15, -0.1) is 0 Å². The molecule has 2 rings (SSSR count). The Kier molecular flexibility index (Phi) is 2.84. The van der Waals surface area contributed by atoms with E-state index in [-0.39, 0.29) is 0 Å². The lowest BCUT2D eigenvalue weighted by Crippen LogP contribution is -2.11. The first kappa shape index (κ1) is 11.7. The fraction of sp³-hybridized carbons (Fsp3) is 0.417. The molecule has 4 heteroatoms. The predicted octanol–water partition coefficient (Wildman–Crippen LogP) is 3.18. The zero-order chi connectivity index (χ0) is 11.9. The molecule has 0 saturated heterocycles. The molecule has 1 aliphatic carbocycles. The van der Waals surface area contributed by atoms with Crippen LogP contribution in [0.4, 0.5) is 5.69 Å². The Morgan fingerprint density at radius 2 is 2.19 bits per heavy atom. The van der Waals surface area contributed by atoms with Crippen molar-refractivity contribution in [1.29, 1.82) is 0 Å². The number of hydrogen-bond acceptors (Lipinski definition) is 2. The third kappa shape index (κ3) is 2.30. The van der Waals surface area contributed by atoms with Crippen LogP contribution in [0.15, 0.2) is 18.2 Å². The number of benzene rings is 1. The third-order valence-corrected chi connectivity index (χ3v) is 3.62. The number of nitrogens with two attached hydrogens (primary N) is 1. The number of rotatable bonds is 3. The largest absolute Gasteiger partial charge is 0.389 e. The van der Waals surface area contributed by atoms with E-state index in [2.05, 4.69) is 19.2 Å². The van der Waals surface area contributed by atoms with Crippen molar-refractivity contribution in [2.75, 3.05) is 5.32 Å². The topological polar surface area (TPSA) is 38.0 Å². The molecule has 1 aromatic carbocycles. The fourth-order valence-electron chi connectivity index (χ4n) is 1.72. The summed E-state index contributed by atoms with van der Waals surface area (Å²) in [5, 5.41) is 4.05. The molecule has 0 heterocycles. The molecule has 1 aromatic rings. The highest BCUT2D eigenvalue weighted by molar-refractivity contribution is 7.80. The van der Waals surface area contributed by atoms with E-state index in [1.54, 1.807) is 0 Å². The molecule has 1 saturated carbocycles. The van der Waals surface area contributed by atoms with Crippen LogP contribution >= 0.6 is 23.8 Å². The molecule has 0 spiro atoms. The highest BCUT2D eigenvalue weighted by atomic mass is 35.5. The van der Waals surface area contributed by atoms with Crippen molar-refractivity contribution in [3.05, 3.63) is 28.8 Å². The van der Waals surface area contributed by atoms with E-state index in [0.29, 0.717) is 21.5 Å². The summed E-state index contributed by atoms with van der Waals surface area (Å²) in [7, 11) is 0. The Morgan fingerprint density at radius 1 is 1.56 bits per heavy atom. The minimum absolute atomic E-state index is 0.336. The first-order valence-electron chi connectivity index (χ1n) is 5.26. The number of nitrogens with one attached hydrogen (secondary N) is 1. The van der Waals surface area contributed by atoms with Gasteiger partial charge in [-0.05, 0) is 30.0 Å². The van der Waals surface area contributed by atoms with E-state index >= 15 is 0 Å². The highest BCUT2D eigenvalue weighted by Gasteiger charge is 2.45. The lowest BCUT2D eigenvalue weighted by molar-refractivity contribution is 0.630. The number of hydrogen-bond donors (Lipinski definition) is 2. The molecule has 0 radical (unpaired) electrons.